The number of carboxylic acids is 1. The molecule has 0 aromatic rings. The highest BCUT2D eigenvalue weighted by molar-refractivity contribution is 7.86. The molecule has 2 aliphatic rings. The number of nitrogens with zero attached hydrogens (tertiary/aromatic N) is 2. The predicted octanol–water partition coefficient (Wildman–Crippen LogP) is 1.54. The van der Waals surface area contributed by atoms with E-state index in [0.717, 1.165) is 19.3 Å². The molecular formula is C14H26N2O4S. The maximum atomic E-state index is 12.6. The van der Waals surface area contributed by atoms with Gasteiger partial charge in [-0.15, -0.1) is 0 Å². The molecule has 2 aliphatic heterocycles. The molecule has 21 heavy (non-hydrogen) atoms. The van der Waals surface area contributed by atoms with Gasteiger partial charge in [-0.1, -0.05) is 19.8 Å². The van der Waals surface area contributed by atoms with Crippen LogP contribution >= 0.6 is 0 Å². The molecule has 0 aromatic heterocycles. The molecule has 6 nitrogen and oxygen atoms in total. The Morgan fingerprint density at radius 2 is 1.81 bits per heavy atom. The number of hydrogen-bond acceptors (Lipinski definition) is 3. The SMILES string of the molecule is CCCC1CCN(S(=O)(=O)N2CCCC(C(=O)O)C2)CC1. The molecule has 2 rings (SSSR count). The minimum atomic E-state index is -3.49. The van der Waals surface area contributed by atoms with Crippen LogP contribution in [0.15, 0.2) is 0 Å². The third kappa shape index (κ3) is 3.96. The molecular weight excluding hydrogens is 292 g/mol. The smallest absolute Gasteiger partial charge is 0.307 e. The van der Waals surface area contributed by atoms with Gasteiger partial charge in [-0.3, -0.25) is 4.79 Å². The number of carboxylic acid groups (broad SMARTS) is 1. The minimum absolute atomic E-state index is 0.118. The van der Waals surface area contributed by atoms with Crippen LogP contribution in [-0.2, 0) is 15.0 Å². The highest BCUT2D eigenvalue weighted by Gasteiger charge is 2.37. The fraction of sp³-hybridized carbons (Fsp3) is 0.929. The van der Waals surface area contributed by atoms with Gasteiger partial charge < -0.3 is 5.11 Å². The topological polar surface area (TPSA) is 77.9 Å². The largest absolute Gasteiger partial charge is 0.481 e. The lowest BCUT2D eigenvalue weighted by Crippen LogP contribution is -2.51. The molecule has 0 amide bonds. The molecule has 1 N–H and O–H groups in total. The van der Waals surface area contributed by atoms with E-state index in [1.807, 2.05) is 0 Å². The molecule has 1 atom stereocenters. The van der Waals surface area contributed by atoms with Crippen molar-refractivity contribution in [2.75, 3.05) is 26.2 Å². The van der Waals surface area contributed by atoms with Crippen LogP contribution in [0.3, 0.4) is 0 Å². The van der Waals surface area contributed by atoms with Crippen molar-refractivity contribution >= 4 is 16.2 Å². The number of rotatable bonds is 5. The van der Waals surface area contributed by atoms with Gasteiger partial charge in [-0.25, -0.2) is 0 Å². The van der Waals surface area contributed by atoms with E-state index in [0.29, 0.717) is 38.4 Å². The Morgan fingerprint density at radius 3 is 2.38 bits per heavy atom. The third-order valence-electron chi connectivity index (χ3n) is 4.66. The summed E-state index contributed by atoms with van der Waals surface area (Å²) < 4.78 is 28.2. The van der Waals surface area contributed by atoms with Crippen LogP contribution in [0.1, 0.15) is 45.4 Å². The first-order valence-electron chi connectivity index (χ1n) is 7.93. The summed E-state index contributed by atoms with van der Waals surface area (Å²) in [5.74, 6) is -0.822. The van der Waals surface area contributed by atoms with Crippen molar-refractivity contribution in [1.82, 2.24) is 8.61 Å². The molecule has 0 aliphatic carbocycles. The quantitative estimate of drug-likeness (QED) is 0.834. The second kappa shape index (κ2) is 7.07. The lowest BCUT2D eigenvalue weighted by atomic mass is 9.94. The summed E-state index contributed by atoms with van der Waals surface area (Å²) >= 11 is 0. The summed E-state index contributed by atoms with van der Waals surface area (Å²) in [4.78, 5) is 11.1. The molecule has 0 bridgehead atoms. The van der Waals surface area contributed by atoms with Crippen molar-refractivity contribution in [2.45, 2.75) is 45.4 Å². The van der Waals surface area contributed by atoms with E-state index in [4.69, 9.17) is 5.11 Å². The van der Waals surface area contributed by atoms with E-state index in [2.05, 4.69) is 6.92 Å². The maximum absolute atomic E-state index is 12.6. The van der Waals surface area contributed by atoms with Crippen molar-refractivity contribution in [2.24, 2.45) is 11.8 Å². The zero-order valence-corrected chi connectivity index (χ0v) is 13.5. The van der Waals surface area contributed by atoms with Gasteiger partial charge in [0.15, 0.2) is 0 Å². The summed E-state index contributed by atoms with van der Waals surface area (Å²) in [6, 6.07) is 0. The van der Waals surface area contributed by atoms with Gasteiger partial charge in [0.25, 0.3) is 10.2 Å². The highest BCUT2D eigenvalue weighted by Crippen LogP contribution is 2.27. The second-order valence-electron chi connectivity index (χ2n) is 6.17. The molecule has 0 spiro atoms. The molecule has 0 saturated carbocycles. The first-order valence-corrected chi connectivity index (χ1v) is 9.33. The van der Waals surface area contributed by atoms with E-state index in [9.17, 15) is 13.2 Å². The van der Waals surface area contributed by atoms with Crippen LogP contribution in [0.4, 0.5) is 0 Å². The average molecular weight is 318 g/mol. The van der Waals surface area contributed by atoms with E-state index >= 15 is 0 Å². The van der Waals surface area contributed by atoms with Crippen molar-refractivity contribution < 1.29 is 18.3 Å². The number of carbonyl (C=O) groups is 1. The van der Waals surface area contributed by atoms with Gasteiger partial charge >= 0.3 is 5.97 Å². The summed E-state index contributed by atoms with van der Waals surface area (Å²) in [7, 11) is -3.49. The Labute approximate surface area is 127 Å². The highest BCUT2D eigenvalue weighted by atomic mass is 32.2. The van der Waals surface area contributed by atoms with Crippen molar-refractivity contribution in [3.8, 4) is 0 Å². The van der Waals surface area contributed by atoms with E-state index in [1.165, 1.54) is 10.7 Å². The molecule has 2 heterocycles. The predicted molar refractivity (Wildman–Crippen MR) is 80.1 cm³/mol. The summed E-state index contributed by atoms with van der Waals surface area (Å²) in [6.07, 6.45) is 5.34. The monoisotopic (exact) mass is 318 g/mol. The lowest BCUT2D eigenvalue weighted by Gasteiger charge is -2.37. The standard InChI is InChI=1S/C14H26N2O4S/c1-2-4-12-6-9-15(10-7-12)21(19,20)16-8-3-5-13(11-16)14(17)18/h12-13H,2-11H2,1H3,(H,17,18). The Kier molecular flexibility index (Phi) is 5.62. The minimum Gasteiger partial charge on any atom is -0.481 e. The van der Waals surface area contributed by atoms with Crippen molar-refractivity contribution in [3.63, 3.8) is 0 Å². The van der Waals surface area contributed by atoms with Crippen LogP contribution in [0.2, 0.25) is 0 Å². The van der Waals surface area contributed by atoms with Gasteiger partial charge in [-0.05, 0) is 31.6 Å². The molecule has 2 fully saturated rings. The number of hydrogen-bond donors (Lipinski definition) is 1. The average Bonchev–Trinajstić information content (AvgIpc) is 2.48. The number of aliphatic carboxylic acids is 1. The van der Waals surface area contributed by atoms with Gasteiger partial charge in [0.2, 0.25) is 0 Å². The van der Waals surface area contributed by atoms with Crippen LogP contribution < -0.4 is 0 Å². The van der Waals surface area contributed by atoms with Crippen LogP contribution in [-0.4, -0.2) is 54.3 Å². The fourth-order valence-corrected chi connectivity index (χ4v) is 5.08. The lowest BCUT2D eigenvalue weighted by molar-refractivity contribution is -0.142. The van der Waals surface area contributed by atoms with Crippen LogP contribution in [0.5, 0.6) is 0 Å². The van der Waals surface area contributed by atoms with Gasteiger partial charge in [-0.2, -0.15) is 17.0 Å². The van der Waals surface area contributed by atoms with Crippen LogP contribution in [0.25, 0.3) is 0 Å². The van der Waals surface area contributed by atoms with Crippen LogP contribution in [0, 0.1) is 11.8 Å². The van der Waals surface area contributed by atoms with Crippen molar-refractivity contribution in [3.05, 3.63) is 0 Å². The zero-order chi connectivity index (χ0) is 15.5. The zero-order valence-electron chi connectivity index (χ0n) is 12.7. The van der Waals surface area contributed by atoms with Gasteiger partial charge in [0.1, 0.15) is 0 Å². The second-order valence-corrected chi connectivity index (χ2v) is 8.10. The molecule has 0 radical (unpaired) electrons. The maximum Gasteiger partial charge on any atom is 0.307 e. The molecule has 0 aromatic carbocycles. The summed E-state index contributed by atoms with van der Waals surface area (Å²) in [5.41, 5.74) is 0. The summed E-state index contributed by atoms with van der Waals surface area (Å²) in [6.45, 7) is 3.86. The van der Waals surface area contributed by atoms with E-state index < -0.39 is 22.1 Å². The molecule has 1 unspecified atom stereocenters. The van der Waals surface area contributed by atoms with Crippen molar-refractivity contribution in [1.29, 1.82) is 0 Å². The first-order chi connectivity index (χ1) is 9.95. The van der Waals surface area contributed by atoms with E-state index in [-0.39, 0.29) is 6.54 Å². The van der Waals surface area contributed by atoms with E-state index in [1.54, 1.807) is 4.31 Å². The summed E-state index contributed by atoms with van der Waals surface area (Å²) in [5, 5.41) is 9.09. The van der Waals surface area contributed by atoms with Gasteiger partial charge in [0, 0.05) is 26.2 Å². The normalized spacial score (nSPS) is 26.8. The Morgan fingerprint density at radius 1 is 1.14 bits per heavy atom. The Balaban J connectivity index is 1.97. The number of piperidine rings is 2. The molecule has 2 saturated heterocycles. The Bertz CT molecular complexity index is 458. The fourth-order valence-electron chi connectivity index (χ4n) is 3.35. The van der Waals surface area contributed by atoms with Gasteiger partial charge in [0.05, 0.1) is 5.92 Å². The molecule has 7 heteroatoms. The third-order valence-corrected chi connectivity index (χ3v) is 6.66. The Hall–Kier alpha value is -0.660. The first kappa shape index (κ1) is 16.7. The molecule has 122 valence electrons.